The first-order valence-corrected chi connectivity index (χ1v) is 10.6. The van der Waals surface area contributed by atoms with Gasteiger partial charge in [0.2, 0.25) is 0 Å². The van der Waals surface area contributed by atoms with Crippen molar-refractivity contribution in [2.75, 3.05) is 0 Å². The quantitative estimate of drug-likeness (QED) is 0.540. The Hall–Kier alpha value is -1.78. The van der Waals surface area contributed by atoms with E-state index in [1.807, 2.05) is 0 Å². The number of aryl methyl sites for hydroxylation is 2. The van der Waals surface area contributed by atoms with Crippen molar-refractivity contribution in [2.45, 2.75) is 33.5 Å². The average Bonchev–Trinajstić information content (AvgIpc) is 2.35. The van der Waals surface area contributed by atoms with Crippen LogP contribution < -0.4 is 5.19 Å². The molecule has 2 rings (SSSR count). The summed E-state index contributed by atoms with van der Waals surface area (Å²) in [6, 6.07) is 15.2. The van der Waals surface area contributed by atoms with Crippen LogP contribution in [0.15, 0.2) is 42.5 Å². The van der Waals surface area contributed by atoms with Crippen LogP contribution in [0.1, 0.15) is 22.3 Å². The third kappa shape index (κ3) is 3.85. The molecule has 102 valence electrons. The molecule has 0 saturated heterocycles. The van der Waals surface area contributed by atoms with E-state index in [0.717, 1.165) is 11.1 Å². The summed E-state index contributed by atoms with van der Waals surface area (Å²) >= 11 is 0. The first kappa shape index (κ1) is 14.6. The highest BCUT2D eigenvalue weighted by Gasteiger charge is 2.15. The molecule has 1 heteroatoms. The van der Waals surface area contributed by atoms with E-state index in [4.69, 9.17) is 0 Å². The summed E-state index contributed by atoms with van der Waals surface area (Å²) in [6.45, 7) is 11.3. The van der Waals surface area contributed by atoms with E-state index in [0.29, 0.717) is 0 Å². The molecule has 20 heavy (non-hydrogen) atoms. The van der Waals surface area contributed by atoms with Crippen LogP contribution >= 0.6 is 0 Å². The van der Waals surface area contributed by atoms with Crippen LogP contribution in [0.2, 0.25) is 19.6 Å². The van der Waals surface area contributed by atoms with Gasteiger partial charge in [-0.1, -0.05) is 54.9 Å². The predicted octanol–water partition coefficient (Wildman–Crippen LogP) is 4.25. The third-order valence-corrected chi connectivity index (χ3v) is 5.39. The van der Waals surface area contributed by atoms with Crippen molar-refractivity contribution in [3.05, 3.63) is 64.7 Å². The number of hydrogen-bond donors (Lipinski definition) is 0. The molecule has 0 radical (unpaired) electrons. The Morgan fingerprint density at radius 2 is 1.20 bits per heavy atom. The second kappa shape index (κ2) is 5.69. The van der Waals surface area contributed by atoms with Crippen LogP contribution in [0, 0.1) is 25.7 Å². The fourth-order valence-electron chi connectivity index (χ4n) is 2.24. The van der Waals surface area contributed by atoms with Gasteiger partial charge in [0, 0.05) is 11.1 Å². The lowest BCUT2D eigenvalue weighted by Crippen LogP contribution is -2.37. The molecule has 0 N–H and O–H groups in total. The van der Waals surface area contributed by atoms with Crippen molar-refractivity contribution in [2.24, 2.45) is 0 Å². The molecular formula is C19H22Si. The molecule has 2 aromatic carbocycles. The third-order valence-electron chi connectivity index (χ3n) is 3.32. The largest absolute Gasteiger partial charge is 0.0775 e. The second-order valence-electron chi connectivity index (χ2n) is 6.45. The molecule has 0 atom stereocenters. The van der Waals surface area contributed by atoms with Gasteiger partial charge in [-0.15, -0.1) is 0 Å². The lowest BCUT2D eigenvalue weighted by molar-refractivity contribution is 1.37. The molecule has 0 aromatic heterocycles. The normalized spacial score (nSPS) is 10.8. The highest BCUT2D eigenvalue weighted by molar-refractivity contribution is 6.88. The lowest BCUT2D eigenvalue weighted by atomic mass is 10.1. The first-order chi connectivity index (χ1) is 9.34. The van der Waals surface area contributed by atoms with Crippen molar-refractivity contribution in [3.63, 3.8) is 0 Å². The predicted molar refractivity (Wildman–Crippen MR) is 91.3 cm³/mol. The molecule has 0 aliphatic heterocycles. The summed E-state index contributed by atoms with van der Waals surface area (Å²) in [5.74, 6) is 6.52. The van der Waals surface area contributed by atoms with Crippen molar-refractivity contribution >= 4 is 13.3 Å². The molecule has 0 amide bonds. The van der Waals surface area contributed by atoms with Crippen LogP contribution in [0.4, 0.5) is 0 Å². The Morgan fingerprint density at radius 1 is 0.700 bits per heavy atom. The fourth-order valence-corrected chi connectivity index (χ4v) is 3.41. The van der Waals surface area contributed by atoms with Crippen molar-refractivity contribution in [1.82, 2.24) is 0 Å². The lowest BCUT2D eigenvalue weighted by Gasteiger charge is -2.15. The molecule has 0 nitrogen and oxygen atoms in total. The van der Waals surface area contributed by atoms with E-state index in [-0.39, 0.29) is 0 Å². The van der Waals surface area contributed by atoms with Gasteiger partial charge in [0.15, 0.2) is 0 Å². The summed E-state index contributed by atoms with van der Waals surface area (Å²) in [7, 11) is -1.21. The maximum Gasteiger partial charge on any atom is 0.0775 e. The minimum atomic E-state index is -1.21. The summed E-state index contributed by atoms with van der Waals surface area (Å²) < 4.78 is 0. The van der Waals surface area contributed by atoms with Crippen LogP contribution in [0.25, 0.3) is 0 Å². The maximum absolute atomic E-state index is 3.26. The highest BCUT2D eigenvalue weighted by Crippen LogP contribution is 2.08. The number of hydrogen-bond acceptors (Lipinski definition) is 0. The molecule has 0 spiro atoms. The fraction of sp³-hybridized carbons (Fsp3) is 0.263. The molecule has 0 saturated carbocycles. The monoisotopic (exact) mass is 278 g/mol. The summed E-state index contributed by atoms with van der Waals surface area (Å²) in [5, 5.41) is 1.48. The van der Waals surface area contributed by atoms with Gasteiger partial charge < -0.3 is 0 Å². The van der Waals surface area contributed by atoms with Gasteiger partial charge in [-0.3, -0.25) is 0 Å². The molecule has 0 aliphatic carbocycles. The van der Waals surface area contributed by atoms with E-state index >= 15 is 0 Å². The zero-order valence-corrected chi connectivity index (χ0v) is 14.0. The summed E-state index contributed by atoms with van der Waals surface area (Å²) in [6.07, 6.45) is 0. The van der Waals surface area contributed by atoms with Gasteiger partial charge in [-0.05, 0) is 49.2 Å². The van der Waals surface area contributed by atoms with E-state index in [1.54, 1.807) is 0 Å². The Kier molecular flexibility index (Phi) is 4.16. The van der Waals surface area contributed by atoms with Gasteiger partial charge in [0.1, 0.15) is 0 Å². The number of rotatable bonds is 1. The SMILES string of the molecule is Cc1cc(C)cc(C#Cc2ccc([Si](C)(C)C)cc2)c1. The summed E-state index contributed by atoms with van der Waals surface area (Å²) in [5.41, 5.74) is 4.72. The van der Waals surface area contributed by atoms with Crippen molar-refractivity contribution < 1.29 is 0 Å². The van der Waals surface area contributed by atoms with Crippen LogP contribution in [0.3, 0.4) is 0 Å². The van der Waals surface area contributed by atoms with Crippen molar-refractivity contribution in [1.29, 1.82) is 0 Å². The Morgan fingerprint density at radius 3 is 1.70 bits per heavy atom. The zero-order valence-electron chi connectivity index (χ0n) is 13.0. The smallest absolute Gasteiger partial charge is 0.0656 e. The molecule has 0 bridgehead atoms. The molecule has 0 aliphatic rings. The van der Waals surface area contributed by atoms with Gasteiger partial charge in [0.25, 0.3) is 0 Å². The van der Waals surface area contributed by atoms with Crippen LogP contribution in [-0.2, 0) is 0 Å². The molecule has 0 unspecified atom stereocenters. The minimum Gasteiger partial charge on any atom is -0.0656 e. The second-order valence-corrected chi connectivity index (χ2v) is 11.5. The van der Waals surface area contributed by atoms with Crippen molar-refractivity contribution in [3.8, 4) is 11.8 Å². The molecule has 0 heterocycles. The Balaban J connectivity index is 2.25. The average molecular weight is 278 g/mol. The Labute approximate surface area is 123 Å². The minimum absolute atomic E-state index is 1.09. The first-order valence-electron chi connectivity index (χ1n) is 7.05. The van der Waals surface area contributed by atoms with Gasteiger partial charge in [0.05, 0.1) is 8.07 Å². The standard InChI is InChI=1S/C19H22Si/c1-15-12-16(2)14-18(13-15)7-6-17-8-10-19(11-9-17)20(3,4)5/h8-14H,1-5H3. The van der Waals surface area contributed by atoms with E-state index < -0.39 is 8.07 Å². The van der Waals surface area contributed by atoms with E-state index in [1.165, 1.54) is 16.3 Å². The molecular weight excluding hydrogens is 256 g/mol. The molecule has 0 fully saturated rings. The van der Waals surface area contributed by atoms with Gasteiger partial charge in [-0.25, -0.2) is 0 Å². The molecule has 2 aromatic rings. The maximum atomic E-state index is 3.26. The number of benzene rings is 2. The zero-order chi connectivity index (χ0) is 14.8. The van der Waals surface area contributed by atoms with Gasteiger partial charge >= 0.3 is 0 Å². The summed E-state index contributed by atoms with van der Waals surface area (Å²) in [4.78, 5) is 0. The van der Waals surface area contributed by atoms with Crippen LogP contribution in [0.5, 0.6) is 0 Å². The van der Waals surface area contributed by atoms with E-state index in [9.17, 15) is 0 Å². The van der Waals surface area contributed by atoms with Crippen LogP contribution in [-0.4, -0.2) is 8.07 Å². The Bertz CT molecular complexity index is 641. The van der Waals surface area contributed by atoms with Gasteiger partial charge in [-0.2, -0.15) is 0 Å². The van der Waals surface area contributed by atoms with E-state index in [2.05, 4.69) is 87.8 Å². The highest BCUT2D eigenvalue weighted by atomic mass is 28.3. The topological polar surface area (TPSA) is 0 Å².